The van der Waals surface area contributed by atoms with E-state index in [1.165, 1.54) is 0 Å². The third-order valence-corrected chi connectivity index (χ3v) is 4.93. The van der Waals surface area contributed by atoms with Gasteiger partial charge in [-0.3, -0.25) is 4.79 Å². The highest BCUT2D eigenvalue weighted by Crippen LogP contribution is 2.28. The van der Waals surface area contributed by atoms with E-state index in [1.807, 2.05) is 62.4 Å². The van der Waals surface area contributed by atoms with Crippen LogP contribution in [0.1, 0.15) is 35.3 Å². The van der Waals surface area contributed by atoms with Crippen LogP contribution in [0.25, 0.3) is 0 Å². The Morgan fingerprint density at radius 2 is 1.62 bits per heavy atom. The van der Waals surface area contributed by atoms with Crippen LogP contribution in [-0.4, -0.2) is 25.3 Å². The zero-order valence-corrected chi connectivity index (χ0v) is 19.6. The van der Waals surface area contributed by atoms with E-state index in [-0.39, 0.29) is 5.91 Å². The van der Waals surface area contributed by atoms with Crippen LogP contribution in [0.15, 0.2) is 76.3 Å². The van der Waals surface area contributed by atoms with Crippen molar-refractivity contribution in [3.05, 3.63) is 87.9 Å². The predicted molar refractivity (Wildman–Crippen MR) is 129 cm³/mol. The quantitative estimate of drug-likeness (QED) is 0.293. The third-order valence-electron chi connectivity index (χ3n) is 4.40. The fourth-order valence-electron chi connectivity index (χ4n) is 2.88. The van der Waals surface area contributed by atoms with Crippen molar-refractivity contribution in [2.75, 3.05) is 13.2 Å². The molecule has 3 rings (SSSR count). The highest BCUT2D eigenvalue weighted by atomic mass is 79.9. The molecular formula is C25H25BrN2O4. The first kappa shape index (κ1) is 23.3. The summed E-state index contributed by atoms with van der Waals surface area (Å²) in [6, 6.07) is 20.5. The third kappa shape index (κ3) is 6.59. The number of rotatable bonds is 10. The Labute approximate surface area is 196 Å². The van der Waals surface area contributed by atoms with Crippen LogP contribution in [0.2, 0.25) is 0 Å². The van der Waals surface area contributed by atoms with Crippen LogP contribution in [0.3, 0.4) is 0 Å². The maximum absolute atomic E-state index is 12.5. The predicted octanol–water partition coefficient (Wildman–Crippen LogP) is 5.59. The van der Waals surface area contributed by atoms with Gasteiger partial charge in [0, 0.05) is 15.6 Å². The Morgan fingerprint density at radius 3 is 2.38 bits per heavy atom. The zero-order chi connectivity index (χ0) is 22.8. The lowest BCUT2D eigenvalue weighted by molar-refractivity contribution is 0.0954. The summed E-state index contributed by atoms with van der Waals surface area (Å²) >= 11 is 3.43. The van der Waals surface area contributed by atoms with Gasteiger partial charge in [-0.25, -0.2) is 5.43 Å². The zero-order valence-electron chi connectivity index (χ0n) is 18.0. The maximum atomic E-state index is 12.5. The number of carbonyl (C=O) groups excluding carboxylic acids is 1. The fourth-order valence-corrected chi connectivity index (χ4v) is 3.14. The van der Waals surface area contributed by atoms with Crippen LogP contribution < -0.4 is 19.6 Å². The Kier molecular flexibility index (Phi) is 8.69. The molecule has 6 nitrogen and oxygen atoms in total. The maximum Gasteiger partial charge on any atom is 0.271 e. The molecule has 166 valence electrons. The van der Waals surface area contributed by atoms with Crippen molar-refractivity contribution >= 4 is 28.1 Å². The lowest BCUT2D eigenvalue weighted by Gasteiger charge is -2.12. The molecule has 0 radical (unpaired) electrons. The summed E-state index contributed by atoms with van der Waals surface area (Å²) in [5, 5.41) is 4.10. The van der Waals surface area contributed by atoms with E-state index in [0.29, 0.717) is 42.6 Å². The molecule has 0 heterocycles. The van der Waals surface area contributed by atoms with Gasteiger partial charge in [-0.1, -0.05) is 40.2 Å². The molecule has 0 fully saturated rings. The van der Waals surface area contributed by atoms with Gasteiger partial charge in [0.05, 0.1) is 19.4 Å². The Balaban J connectivity index is 1.65. The van der Waals surface area contributed by atoms with Crippen molar-refractivity contribution < 1.29 is 19.0 Å². The lowest BCUT2D eigenvalue weighted by Crippen LogP contribution is -2.18. The molecular weight excluding hydrogens is 472 g/mol. The molecule has 7 heteroatoms. The van der Waals surface area contributed by atoms with Crippen LogP contribution in [0, 0.1) is 0 Å². The number of nitrogens with one attached hydrogen (secondary N) is 1. The van der Waals surface area contributed by atoms with Gasteiger partial charge >= 0.3 is 0 Å². The number of halogens is 1. The van der Waals surface area contributed by atoms with E-state index in [0.717, 1.165) is 15.6 Å². The summed E-state index contributed by atoms with van der Waals surface area (Å²) in [6.07, 6.45) is 1.56. The van der Waals surface area contributed by atoms with Crippen LogP contribution >= 0.6 is 15.9 Å². The molecule has 0 aliphatic carbocycles. The van der Waals surface area contributed by atoms with Gasteiger partial charge in [-0.15, -0.1) is 0 Å². The van der Waals surface area contributed by atoms with Crippen LogP contribution in [0.5, 0.6) is 17.2 Å². The van der Waals surface area contributed by atoms with Gasteiger partial charge in [0.2, 0.25) is 0 Å². The van der Waals surface area contributed by atoms with Gasteiger partial charge in [-0.05, 0) is 61.9 Å². The van der Waals surface area contributed by atoms with E-state index >= 15 is 0 Å². The van der Waals surface area contributed by atoms with E-state index in [2.05, 4.69) is 26.5 Å². The van der Waals surface area contributed by atoms with Crippen molar-refractivity contribution in [1.82, 2.24) is 5.43 Å². The Morgan fingerprint density at radius 1 is 0.906 bits per heavy atom. The SMILES string of the molecule is CCOc1ccc(C(=O)N/N=C/c2ccccc2OCc2ccc(Br)cc2)cc1OCC. The minimum Gasteiger partial charge on any atom is -0.490 e. The van der Waals surface area contributed by atoms with Gasteiger partial charge in [0.15, 0.2) is 11.5 Å². The second-order valence-electron chi connectivity index (χ2n) is 6.68. The molecule has 0 aliphatic heterocycles. The molecule has 0 saturated heterocycles. The second kappa shape index (κ2) is 11.9. The number of hydrogen-bond acceptors (Lipinski definition) is 5. The molecule has 0 aromatic heterocycles. The standard InChI is InChI=1S/C25H25BrN2O4/c1-3-30-23-14-11-19(15-24(23)31-4-2)25(29)28-27-16-20-7-5-6-8-22(20)32-17-18-9-12-21(26)13-10-18/h5-16H,3-4,17H2,1-2H3,(H,28,29)/b27-16+. The molecule has 1 N–H and O–H groups in total. The van der Waals surface area contributed by atoms with Crippen molar-refractivity contribution in [1.29, 1.82) is 0 Å². The first-order valence-electron chi connectivity index (χ1n) is 10.3. The molecule has 0 aliphatic rings. The average molecular weight is 497 g/mol. The second-order valence-corrected chi connectivity index (χ2v) is 7.60. The average Bonchev–Trinajstić information content (AvgIpc) is 2.81. The molecule has 0 saturated carbocycles. The number of nitrogens with zero attached hydrogens (tertiary/aromatic N) is 1. The normalized spacial score (nSPS) is 10.7. The van der Waals surface area contributed by atoms with E-state index in [9.17, 15) is 4.79 Å². The van der Waals surface area contributed by atoms with Crippen molar-refractivity contribution in [3.8, 4) is 17.2 Å². The van der Waals surface area contributed by atoms with E-state index in [4.69, 9.17) is 14.2 Å². The number of para-hydroxylation sites is 1. The van der Waals surface area contributed by atoms with Gasteiger partial charge in [-0.2, -0.15) is 5.10 Å². The molecule has 1 amide bonds. The molecule has 0 bridgehead atoms. The summed E-state index contributed by atoms with van der Waals surface area (Å²) in [5.41, 5.74) is 4.78. The molecule has 3 aromatic carbocycles. The number of amides is 1. The topological polar surface area (TPSA) is 69.2 Å². The van der Waals surface area contributed by atoms with Crippen LogP contribution in [0.4, 0.5) is 0 Å². The van der Waals surface area contributed by atoms with Crippen molar-refractivity contribution in [3.63, 3.8) is 0 Å². The van der Waals surface area contributed by atoms with Gasteiger partial charge in [0.25, 0.3) is 5.91 Å². The Hall–Kier alpha value is -3.32. The highest BCUT2D eigenvalue weighted by molar-refractivity contribution is 9.10. The summed E-state index contributed by atoms with van der Waals surface area (Å²) in [5.74, 6) is 1.45. The number of hydrogen-bond donors (Lipinski definition) is 1. The number of benzene rings is 3. The summed E-state index contributed by atoms with van der Waals surface area (Å²) in [4.78, 5) is 12.5. The molecule has 0 unspecified atom stereocenters. The Bertz CT molecular complexity index is 1070. The number of ether oxygens (including phenoxy) is 3. The lowest BCUT2D eigenvalue weighted by atomic mass is 10.2. The molecule has 32 heavy (non-hydrogen) atoms. The van der Waals surface area contributed by atoms with Crippen molar-refractivity contribution in [2.24, 2.45) is 5.10 Å². The monoisotopic (exact) mass is 496 g/mol. The number of hydrazone groups is 1. The molecule has 3 aromatic rings. The fraction of sp³-hybridized carbons (Fsp3) is 0.200. The first-order valence-corrected chi connectivity index (χ1v) is 11.1. The summed E-state index contributed by atoms with van der Waals surface area (Å²) in [6.45, 7) is 5.19. The van der Waals surface area contributed by atoms with E-state index in [1.54, 1.807) is 24.4 Å². The minimum atomic E-state index is -0.349. The van der Waals surface area contributed by atoms with Gasteiger partial charge < -0.3 is 14.2 Å². The molecule has 0 atom stereocenters. The summed E-state index contributed by atoms with van der Waals surface area (Å²) < 4.78 is 18.1. The van der Waals surface area contributed by atoms with Crippen LogP contribution in [-0.2, 0) is 6.61 Å². The van der Waals surface area contributed by atoms with Crippen molar-refractivity contribution in [2.45, 2.75) is 20.5 Å². The summed E-state index contributed by atoms with van der Waals surface area (Å²) in [7, 11) is 0. The smallest absolute Gasteiger partial charge is 0.271 e. The van der Waals surface area contributed by atoms with E-state index < -0.39 is 0 Å². The largest absolute Gasteiger partial charge is 0.490 e. The first-order chi connectivity index (χ1) is 15.6. The van der Waals surface area contributed by atoms with Gasteiger partial charge in [0.1, 0.15) is 12.4 Å². The highest BCUT2D eigenvalue weighted by Gasteiger charge is 2.11. The molecule has 0 spiro atoms. The minimum absolute atomic E-state index is 0.349. The number of carbonyl (C=O) groups is 1.